The van der Waals surface area contributed by atoms with Gasteiger partial charge in [-0.3, -0.25) is 14.3 Å². The van der Waals surface area contributed by atoms with Gasteiger partial charge in [0, 0.05) is 41.5 Å². The van der Waals surface area contributed by atoms with Crippen molar-refractivity contribution in [1.82, 2.24) is 14.7 Å². The predicted molar refractivity (Wildman–Crippen MR) is 88.6 cm³/mol. The average molecular weight is 332 g/mol. The van der Waals surface area contributed by atoms with Gasteiger partial charge in [-0.05, 0) is 12.0 Å². The van der Waals surface area contributed by atoms with Crippen LogP contribution in [0.2, 0.25) is 0 Å². The molecule has 0 atom stereocenters. The van der Waals surface area contributed by atoms with Gasteiger partial charge in [-0.2, -0.15) is 5.10 Å². The summed E-state index contributed by atoms with van der Waals surface area (Å²) < 4.78 is 1.69. The van der Waals surface area contributed by atoms with Crippen LogP contribution in [-0.2, 0) is 20.0 Å². The fraction of sp³-hybridized carbons (Fsp3) is 0.438. The number of nitrogens with zero attached hydrogens (tertiary/aromatic N) is 3. The zero-order valence-corrected chi connectivity index (χ0v) is 14.3. The first-order valence-corrected chi connectivity index (χ1v) is 8.48. The highest BCUT2D eigenvalue weighted by Gasteiger charge is 2.29. The summed E-state index contributed by atoms with van der Waals surface area (Å²) in [5, 5.41) is 6.10. The molecule has 0 fully saturated rings. The lowest BCUT2D eigenvalue weighted by Crippen LogP contribution is -2.36. The van der Waals surface area contributed by atoms with Crippen molar-refractivity contribution in [2.75, 3.05) is 6.54 Å². The minimum atomic E-state index is -0.547. The summed E-state index contributed by atoms with van der Waals surface area (Å²) >= 11 is 1.61. The minimum Gasteiger partial charge on any atom is -0.364 e. The van der Waals surface area contributed by atoms with Crippen LogP contribution >= 0.6 is 11.3 Å². The largest absolute Gasteiger partial charge is 0.364 e. The molecular formula is C16H20N4O2S. The second-order valence-corrected chi connectivity index (χ2v) is 7.07. The van der Waals surface area contributed by atoms with Crippen LogP contribution in [-0.4, -0.2) is 33.0 Å². The Balaban J connectivity index is 1.86. The summed E-state index contributed by atoms with van der Waals surface area (Å²) in [6, 6.07) is 1.96. The summed E-state index contributed by atoms with van der Waals surface area (Å²) in [6.07, 6.45) is 0.680. The second-order valence-electron chi connectivity index (χ2n) is 6.13. The minimum absolute atomic E-state index is 0.00178. The number of rotatable bonds is 3. The van der Waals surface area contributed by atoms with Crippen molar-refractivity contribution in [1.29, 1.82) is 0 Å². The lowest BCUT2D eigenvalue weighted by atomic mass is 10.0. The Hall–Kier alpha value is -2.15. The van der Waals surface area contributed by atoms with E-state index in [2.05, 4.69) is 18.9 Å². The number of carbonyl (C=O) groups is 2. The molecule has 3 heterocycles. The zero-order chi connectivity index (χ0) is 16.7. The Labute approximate surface area is 138 Å². The van der Waals surface area contributed by atoms with E-state index in [1.165, 1.54) is 4.88 Å². The number of primary amides is 1. The van der Waals surface area contributed by atoms with Crippen molar-refractivity contribution in [3.05, 3.63) is 38.8 Å². The highest BCUT2D eigenvalue weighted by molar-refractivity contribution is 7.10. The molecule has 2 amide bonds. The predicted octanol–water partition coefficient (Wildman–Crippen LogP) is 1.90. The van der Waals surface area contributed by atoms with Gasteiger partial charge >= 0.3 is 0 Å². The van der Waals surface area contributed by atoms with Crippen LogP contribution in [0.1, 0.15) is 56.7 Å². The summed E-state index contributed by atoms with van der Waals surface area (Å²) in [4.78, 5) is 27.2. The van der Waals surface area contributed by atoms with Gasteiger partial charge in [-0.1, -0.05) is 13.8 Å². The summed E-state index contributed by atoms with van der Waals surface area (Å²) in [5.41, 5.74) is 8.15. The monoisotopic (exact) mass is 332 g/mol. The number of carbonyl (C=O) groups excluding carboxylic acids is 2. The van der Waals surface area contributed by atoms with E-state index in [4.69, 9.17) is 5.73 Å². The topological polar surface area (TPSA) is 81.2 Å². The van der Waals surface area contributed by atoms with Gasteiger partial charge in [-0.15, -0.1) is 11.3 Å². The van der Waals surface area contributed by atoms with E-state index in [0.717, 1.165) is 11.3 Å². The van der Waals surface area contributed by atoms with Gasteiger partial charge in [-0.25, -0.2) is 0 Å². The molecular weight excluding hydrogens is 312 g/mol. The molecule has 0 unspecified atom stereocenters. The van der Waals surface area contributed by atoms with Gasteiger partial charge in [0.1, 0.15) is 0 Å². The van der Waals surface area contributed by atoms with Gasteiger partial charge in [0.25, 0.3) is 11.8 Å². The number of aromatic nitrogens is 2. The third-order valence-electron chi connectivity index (χ3n) is 4.20. The molecule has 0 saturated carbocycles. The average Bonchev–Trinajstić information content (AvgIpc) is 3.12. The normalized spacial score (nSPS) is 14.2. The molecule has 3 rings (SSSR count). The molecule has 1 aliphatic rings. The Morgan fingerprint density at radius 3 is 2.74 bits per heavy atom. The molecule has 0 aromatic carbocycles. The number of nitrogens with two attached hydrogens (primary N) is 1. The van der Waals surface area contributed by atoms with E-state index >= 15 is 0 Å². The number of aryl methyl sites for hydroxylation is 1. The Morgan fingerprint density at radius 2 is 2.13 bits per heavy atom. The van der Waals surface area contributed by atoms with Crippen LogP contribution in [0.5, 0.6) is 0 Å². The van der Waals surface area contributed by atoms with Crippen molar-refractivity contribution in [3.8, 4) is 0 Å². The Bertz CT molecular complexity index is 775. The van der Waals surface area contributed by atoms with Crippen LogP contribution in [0.25, 0.3) is 0 Å². The smallest absolute Gasteiger partial charge is 0.269 e. The van der Waals surface area contributed by atoms with Crippen LogP contribution in [0, 0.1) is 0 Å². The number of thiophene rings is 1. The zero-order valence-electron chi connectivity index (χ0n) is 13.5. The quantitative estimate of drug-likeness (QED) is 0.932. The van der Waals surface area contributed by atoms with Gasteiger partial charge < -0.3 is 10.6 Å². The molecule has 0 saturated heterocycles. The van der Waals surface area contributed by atoms with Crippen molar-refractivity contribution in [3.63, 3.8) is 0 Å². The van der Waals surface area contributed by atoms with Gasteiger partial charge in [0.2, 0.25) is 0 Å². The van der Waals surface area contributed by atoms with E-state index in [9.17, 15) is 9.59 Å². The maximum Gasteiger partial charge on any atom is 0.269 e. The third-order valence-corrected chi connectivity index (χ3v) is 5.43. The summed E-state index contributed by atoms with van der Waals surface area (Å²) in [7, 11) is 1.80. The van der Waals surface area contributed by atoms with E-state index in [1.54, 1.807) is 28.0 Å². The van der Waals surface area contributed by atoms with Gasteiger partial charge in [0.05, 0.1) is 12.1 Å². The molecule has 2 N–H and O–H groups in total. The maximum absolute atomic E-state index is 12.7. The Kier molecular flexibility index (Phi) is 3.97. The molecule has 0 spiro atoms. The third kappa shape index (κ3) is 2.76. The molecule has 0 aliphatic carbocycles. The van der Waals surface area contributed by atoms with Crippen molar-refractivity contribution < 1.29 is 9.59 Å². The standard InChI is InChI=1S/C16H20N4O2S/c1-9(2)13-6-10(8-23-13)16(22)20-5-4-12-11(7-20)14(15(17)21)18-19(12)3/h6,8-9H,4-5,7H2,1-3H3,(H2,17,21). The van der Waals surface area contributed by atoms with Crippen LogP contribution < -0.4 is 5.73 Å². The first-order chi connectivity index (χ1) is 10.9. The molecule has 6 nitrogen and oxygen atoms in total. The lowest BCUT2D eigenvalue weighted by Gasteiger charge is -2.27. The van der Waals surface area contributed by atoms with Crippen molar-refractivity contribution in [2.45, 2.75) is 32.7 Å². The van der Waals surface area contributed by atoms with Gasteiger partial charge in [0.15, 0.2) is 5.69 Å². The summed E-state index contributed by atoms with van der Waals surface area (Å²) in [6.45, 7) is 5.23. The first-order valence-electron chi connectivity index (χ1n) is 7.60. The summed E-state index contributed by atoms with van der Waals surface area (Å²) in [5.74, 6) is -0.138. The van der Waals surface area contributed by atoms with Crippen molar-refractivity contribution >= 4 is 23.2 Å². The number of fused-ring (bicyclic) bond motifs is 1. The highest BCUT2D eigenvalue weighted by atomic mass is 32.1. The van der Waals surface area contributed by atoms with Crippen LogP contribution in [0.15, 0.2) is 11.4 Å². The van der Waals surface area contributed by atoms with E-state index in [0.29, 0.717) is 31.0 Å². The molecule has 23 heavy (non-hydrogen) atoms. The van der Waals surface area contributed by atoms with E-state index in [-0.39, 0.29) is 11.6 Å². The second kappa shape index (κ2) is 5.81. The number of amides is 2. The lowest BCUT2D eigenvalue weighted by molar-refractivity contribution is 0.0731. The molecule has 0 radical (unpaired) electrons. The van der Waals surface area contributed by atoms with E-state index < -0.39 is 5.91 Å². The van der Waals surface area contributed by atoms with Crippen LogP contribution in [0.3, 0.4) is 0 Å². The molecule has 1 aliphatic heterocycles. The molecule has 2 aromatic rings. The van der Waals surface area contributed by atoms with E-state index in [1.807, 2.05) is 11.4 Å². The number of hydrogen-bond acceptors (Lipinski definition) is 4. The maximum atomic E-state index is 12.7. The first kappa shape index (κ1) is 15.7. The SMILES string of the molecule is CC(C)c1cc(C(=O)N2CCc3c(c(C(N)=O)nn3C)C2)cs1. The highest BCUT2D eigenvalue weighted by Crippen LogP contribution is 2.27. The fourth-order valence-corrected chi connectivity index (χ4v) is 3.81. The molecule has 0 bridgehead atoms. The number of hydrogen-bond donors (Lipinski definition) is 1. The Morgan fingerprint density at radius 1 is 1.39 bits per heavy atom. The molecule has 7 heteroatoms. The fourth-order valence-electron chi connectivity index (χ4n) is 2.91. The molecule has 2 aromatic heterocycles. The molecule has 122 valence electrons. The van der Waals surface area contributed by atoms with Crippen molar-refractivity contribution in [2.24, 2.45) is 12.8 Å². The van der Waals surface area contributed by atoms with Crippen LogP contribution in [0.4, 0.5) is 0 Å².